The zero-order valence-corrected chi connectivity index (χ0v) is 24.3. The molecule has 0 unspecified atom stereocenters. The molecule has 0 aromatic heterocycles. The zero-order valence-electron chi connectivity index (χ0n) is 24.3. The SMILES string of the molecule is CC(C)(C)C(COc1cccc2c1CO[C@@]2(CO)COC(=O)C(C(C)(C)C)C(C)(C)C)C(C)(C)C. The third-order valence-corrected chi connectivity index (χ3v) is 7.28. The molecule has 0 saturated heterocycles. The molecule has 5 heteroatoms. The Balaban J connectivity index is 2.27. The number of rotatable bonds is 7. The Morgan fingerprint density at radius 3 is 1.94 bits per heavy atom. The van der Waals surface area contributed by atoms with Crippen LogP contribution in [-0.2, 0) is 26.5 Å². The Kier molecular flexibility index (Phi) is 8.51. The Bertz CT molecular complexity index is 848. The molecule has 1 aromatic carbocycles. The van der Waals surface area contributed by atoms with Gasteiger partial charge in [-0.25, -0.2) is 0 Å². The summed E-state index contributed by atoms with van der Waals surface area (Å²) >= 11 is 0. The summed E-state index contributed by atoms with van der Waals surface area (Å²) in [6.45, 7) is 26.4. The van der Waals surface area contributed by atoms with Gasteiger partial charge in [0.15, 0.2) is 5.60 Å². The van der Waals surface area contributed by atoms with Crippen LogP contribution in [0.15, 0.2) is 18.2 Å². The van der Waals surface area contributed by atoms with Crippen molar-refractivity contribution in [1.82, 2.24) is 0 Å². The third kappa shape index (κ3) is 6.80. The molecular formula is C30H50O5. The number of hydrogen-bond donors (Lipinski definition) is 1. The maximum Gasteiger partial charge on any atom is 0.310 e. The molecule has 200 valence electrons. The Morgan fingerprint density at radius 1 is 0.943 bits per heavy atom. The van der Waals surface area contributed by atoms with Gasteiger partial charge in [0, 0.05) is 11.5 Å². The van der Waals surface area contributed by atoms with Crippen LogP contribution in [0.2, 0.25) is 0 Å². The van der Waals surface area contributed by atoms with Crippen LogP contribution in [0.5, 0.6) is 5.75 Å². The fourth-order valence-electron chi connectivity index (χ4n) is 6.11. The van der Waals surface area contributed by atoms with Gasteiger partial charge < -0.3 is 19.3 Å². The first-order valence-electron chi connectivity index (χ1n) is 12.9. The number of fused-ring (bicyclic) bond motifs is 1. The molecule has 0 radical (unpaired) electrons. The molecule has 1 aliphatic heterocycles. The minimum atomic E-state index is -1.09. The van der Waals surface area contributed by atoms with Gasteiger partial charge >= 0.3 is 5.97 Å². The van der Waals surface area contributed by atoms with Gasteiger partial charge in [0.25, 0.3) is 0 Å². The van der Waals surface area contributed by atoms with Gasteiger partial charge in [-0.05, 0) is 33.3 Å². The van der Waals surface area contributed by atoms with E-state index in [1.54, 1.807) is 0 Å². The second-order valence-electron chi connectivity index (χ2n) is 14.6. The molecule has 0 spiro atoms. The first kappa shape index (κ1) is 29.6. The van der Waals surface area contributed by atoms with E-state index in [1.165, 1.54) is 0 Å². The topological polar surface area (TPSA) is 65.0 Å². The van der Waals surface area contributed by atoms with E-state index in [-0.39, 0.29) is 46.8 Å². The monoisotopic (exact) mass is 490 g/mol. The van der Waals surface area contributed by atoms with Crippen molar-refractivity contribution in [2.24, 2.45) is 33.5 Å². The van der Waals surface area contributed by atoms with E-state index < -0.39 is 5.60 Å². The van der Waals surface area contributed by atoms with E-state index in [2.05, 4.69) is 83.1 Å². The van der Waals surface area contributed by atoms with Gasteiger partial charge in [0.1, 0.15) is 12.4 Å². The molecule has 0 saturated carbocycles. The average molecular weight is 491 g/mol. The van der Waals surface area contributed by atoms with Crippen molar-refractivity contribution in [3.8, 4) is 5.75 Å². The van der Waals surface area contributed by atoms with Crippen molar-refractivity contribution in [3.05, 3.63) is 29.3 Å². The molecule has 0 aliphatic carbocycles. The number of aliphatic hydroxyl groups excluding tert-OH is 1. The van der Waals surface area contributed by atoms with Gasteiger partial charge in [-0.1, -0.05) is 95.2 Å². The van der Waals surface area contributed by atoms with E-state index in [9.17, 15) is 9.90 Å². The summed E-state index contributed by atoms with van der Waals surface area (Å²) in [6, 6.07) is 5.82. The van der Waals surface area contributed by atoms with Gasteiger partial charge in [0.2, 0.25) is 0 Å². The summed E-state index contributed by atoms with van der Waals surface area (Å²) in [6.07, 6.45) is 0. The number of ether oxygens (including phenoxy) is 3. The van der Waals surface area contributed by atoms with Crippen LogP contribution in [0.4, 0.5) is 0 Å². The molecule has 1 atom stereocenters. The predicted octanol–water partition coefficient (Wildman–Crippen LogP) is 6.74. The number of esters is 1. The zero-order chi connectivity index (χ0) is 27.0. The van der Waals surface area contributed by atoms with Crippen molar-refractivity contribution >= 4 is 5.97 Å². The molecule has 1 heterocycles. The lowest BCUT2D eigenvalue weighted by molar-refractivity contribution is -0.173. The van der Waals surface area contributed by atoms with Gasteiger partial charge in [0.05, 0.1) is 25.7 Å². The standard InChI is InChI=1S/C30H50O5/c1-26(2,3)23(27(4,5)6)17-33-22-15-13-14-21-20(22)16-35-30(21,18-31)19-34-25(32)24(28(7,8)9)29(10,11)12/h13-15,23-24,31H,16-19H2,1-12H3/t30-/m0/s1. The smallest absolute Gasteiger partial charge is 0.310 e. The number of carbonyl (C=O) groups is 1. The molecule has 1 aromatic rings. The first-order chi connectivity index (χ1) is 15.7. The quantitative estimate of drug-likeness (QED) is 0.429. The van der Waals surface area contributed by atoms with Crippen LogP contribution < -0.4 is 4.74 Å². The van der Waals surface area contributed by atoms with Crippen LogP contribution in [-0.4, -0.2) is 30.9 Å². The van der Waals surface area contributed by atoms with E-state index in [0.717, 1.165) is 16.9 Å². The molecule has 0 amide bonds. The van der Waals surface area contributed by atoms with Crippen LogP contribution in [0.3, 0.4) is 0 Å². The fraction of sp³-hybridized carbons (Fsp3) is 0.767. The highest BCUT2D eigenvalue weighted by atomic mass is 16.6. The number of hydrogen-bond acceptors (Lipinski definition) is 5. The van der Waals surface area contributed by atoms with Crippen LogP contribution in [0.25, 0.3) is 0 Å². The Hall–Kier alpha value is -1.59. The van der Waals surface area contributed by atoms with Crippen LogP contribution in [0, 0.1) is 33.5 Å². The molecule has 0 bridgehead atoms. The summed E-state index contributed by atoms with van der Waals surface area (Å²) < 4.78 is 18.4. The summed E-state index contributed by atoms with van der Waals surface area (Å²) in [5.41, 5.74) is 0.331. The predicted molar refractivity (Wildman–Crippen MR) is 141 cm³/mol. The minimum Gasteiger partial charge on any atom is -0.493 e. The lowest BCUT2D eigenvalue weighted by atomic mass is 9.67. The Morgan fingerprint density at radius 2 is 1.49 bits per heavy atom. The average Bonchev–Trinajstić information content (AvgIpc) is 3.02. The van der Waals surface area contributed by atoms with Crippen LogP contribution >= 0.6 is 0 Å². The second kappa shape index (κ2) is 10.0. The molecule has 35 heavy (non-hydrogen) atoms. The van der Waals surface area contributed by atoms with Gasteiger partial charge in [-0.3, -0.25) is 4.79 Å². The van der Waals surface area contributed by atoms with Gasteiger partial charge in [-0.2, -0.15) is 0 Å². The number of carbonyl (C=O) groups excluding carboxylic acids is 1. The highest BCUT2D eigenvalue weighted by Gasteiger charge is 2.46. The number of benzene rings is 1. The summed E-state index contributed by atoms with van der Waals surface area (Å²) in [5.74, 6) is 0.543. The lowest BCUT2D eigenvalue weighted by Gasteiger charge is -2.40. The second-order valence-corrected chi connectivity index (χ2v) is 14.6. The van der Waals surface area contributed by atoms with E-state index in [1.807, 2.05) is 18.2 Å². The lowest BCUT2D eigenvalue weighted by Crippen LogP contribution is -2.43. The largest absolute Gasteiger partial charge is 0.493 e. The van der Waals surface area contributed by atoms with E-state index in [4.69, 9.17) is 14.2 Å². The van der Waals surface area contributed by atoms with Crippen LogP contribution in [0.1, 0.15) is 94.2 Å². The van der Waals surface area contributed by atoms with E-state index in [0.29, 0.717) is 19.1 Å². The molecule has 0 fully saturated rings. The molecule has 2 rings (SSSR count). The summed E-state index contributed by atoms with van der Waals surface area (Å²) in [4.78, 5) is 13.2. The number of aliphatic hydroxyl groups is 1. The minimum absolute atomic E-state index is 0.0337. The summed E-state index contributed by atoms with van der Waals surface area (Å²) in [7, 11) is 0. The highest BCUT2D eigenvalue weighted by molar-refractivity contribution is 5.74. The molecule has 1 aliphatic rings. The third-order valence-electron chi connectivity index (χ3n) is 7.28. The van der Waals surface area contributed by atoms with E-state index >= 15 is 0 Å². The molecular weight excluding hydrogens is 440 g/mol. The fourth-order valence-corrected chi connectivity index (χ4v) is 6.11. The Labute approximate surface area is 213 Å². The molecule has 1 N–H and O–H groups in total. The van der Waals surface area contributed by atoms with Crippen molar-refractivity contribution in [1.29, 1.82) is 0 Å². The van der Waals surface area contributed by atoms with Crippen molar-refractivity contribution < 1.29 is 24.1 Å². The maximum absolute atomic E-state index is 13.2. The highest BCUT2D eigenvalue weighted by Crippen LogP contribution is 2.45. The van der Waals surface area contributed by atoms with Crippen molar-refractivity contribution in [2.45, 2.75) is 95.3 Å². The van der Waals surface area contributed by atoms with Crippen molar-refractivity contribution in [3.63, 3.8) is 0 Å². The maximum atomic E-state index is 13.2. The molecule has 5 nitrogen and oxygen atoms in total. The summed E-state index contributed by atoms with van der Waals surface area (Å²) in [5, 5.41) is 10.4. The van der Waals surface area contributed by atoms with Crippen molar-refractivity contribution in [2.75, 3.05) is 19.8 Å². The normalized spacial score (nSPS) is 19.3. The first-order valence-corrected chi connectivity index (χ1v) is 12.9. The van der Waals surface area contributed by atoms with Gasteiger partial charge in [-0.15, -0.1) is 0 Å².